The summed E-state index contributed by atoms with van der Waals surface area (Å²) in [5.41, 5.74) is 1.91. The predicted molar refractivity (Wildman–Crippen MR) is 88.0 cm³/mol. The van der Waals surface area contributed by atoms with Gasteiger partial charge in [-0.1, -0.05) is 54.1 Å². The molecule has 3 heteroatoms. The highest BCUT2D eigenvalue weighted by Gasteiger charge is 2.21. The highest BCUT2D eigenvalue weighted by atomic mass is 35.5. The Labute approximate surface area is 131 Å². The molecule has 2 aromatic rings. The maximum absolute atomic E-state index is 12.7. The average Bonchev–Trinajstić information content (AvgIpc) is 2.48. The first-order valence-corrected chi connectivity index (χ1v) is 7.42. The Kier molecular flexibility index (Phi) is 5.54. The first-order chi connectivity index (χ1) is 10.1. The maximum Gasteiger partial charge on any atom is 0.167 e. The Morgan fingerprint density at radius 1 is 1.05 bits per heavy atom. The highest BCUT2D eigenvalue weighted by Crippen LogP contribution is 2.18. The lowest BCUT2D eigenvalue weighted by Gasteiger charge is -2.20. The van der Waals surface area contributed by atoms with Crippen molar-refractivity contribution in [3.8, 4) is 0 Å². The van der Waals surface area contributed by atoms with E-state index in [2.05, 4.69) is 4.90 Å². The first-order valence-electron chi connectivity index (χ1n) is 7.04. The van der Waals surface area contributed by atoms with Crippen LogP contribution in [0.5, 0.6) is 0 Å². The minimum absolute atomic E-state index is 0.0522. The van der Waals surface area contributed by atoms with Crippen molar-refractivity contribution in [2.45, 2.75) is 6.42 Å². The predicted octanol–water partition coefficient (Wildman–Crippen LogP) is 3.94. The van der Waals surface area contributed by atoms with Crippen LogP contribution in [0.15, 0.2) is 54.6 Å². The van der Waals surface area contributed by atoms with Gasteiger partial charge >= 0.3 is 0 Å². The third-order valence-electron chi connectivity index (χ3n) is 3.41. The summed E-state index contributed by atoms with van der Waals surface area (Å²) in [4.78, 5) is 14.8. The van der Waals surface area contributed by atoms with Crippen LogP contribution in [-0.4, -0.2) is 31.3 Å². The smallest absolute Gasteiger partial charge is 0.167 e. The summed E-state index contributed by atoms with van der Waals surface area (Å²) >= 11 is 5.92. The molecule has 0 bridgehead atoms. The van der Waals surface area contributed by atoms with E-state index >= 15 is 0 Å². The van der Waals surface area contributed by atoms with Crippen molar-refractivity contribution in [1.29, 1.82) is 0 Å². The molecule has 110 valence electrons. The van der Waals surface area contributed by atoms with Crippen LogP contribution in [0.4, 0.5) is 0 Å². The second kappa shape index (κ2) is 7.39. The summed E-state index contributed by atoms with van der Waals surface area (Å²) in [7, 11) is 3.99. The van der Waals surface area contributed by atoms with E-state index in [9.17, 15) is 4.79 Å². The zero-order chi connectivity index (χ0) is 15.2. The lowest BCUT2D eigenvalue weighted by molar-refractivity contribution is 0.0896. The molecule has 2 aromatic carbocycles. The summed E-state index contributed by atoms with van der Waals surface area (Å²) < 4.78 is 0. The number of benzene rings is 2. The number of carbonyl (C=O) groups is 1. The van der Waals surface area contributed by atoms with E-state index in [0.717, 1.165) is 29.1 Å². The topological polar surface area (TPSA) is 20.3 Å². The Balaban J connectivity index is 2.18. The molecule has 0 heterocycles. The third kappa shape index (κ3) is 4.69. The second-order valence-corrected chi connectivity index (χ2v) is 5.96. The fourth-order valence-electron chi connectivity index (χ4n) is 2.42. The Morgan fingerprint density at radius 3 is 2.24 bits per heavy atom. The number of hydrogen-bond donors (Lipinski definition) is 0. The molecule has 0 aliphatic heterocycles. The fourth-order valence-corrected chi connectivity index (χ4v) is 2.55. The minimum Gasteiger partial charge on any atom is -0.309 e. The standard InChI is InChI=1S/C18H20ClNO/c1-20(2)13-16(12-14-8-10-17(19)11-9-14)18(21)15-6-4-3-5-7-15/h3-11,16H,12-13H2,1-2H3/t16-/m0/s1. The molecule has 2 nitrogen and oxygen atoms in total. The van der Waals surface area contributed by atoms with Crippen molar-refractivity contribution in [1.82, 2.24) is 4.90 Å². The van der Waals surface area contributed by atoms with Gasteiger partial charge in [0, 0.05) is 23.0 Å². The zero-order valence-corrected chi connectivity index (χ0v) is 13.2. The van der Waals surface area contributed by atoms with Gasteiger partial charge in [0.25, 0.3) is 0 Å². The van der Waals surface area contributed by atoms with Crippen molar-refractivity contribution in [3.05, 3.63) is 70.7 Å². The van der Waals surface area contributed by atoms with Gasteiger partial charge in [-0.3, -0.25) is 4.79 Å². The summed E-state index contributed by atoms with van der Waals surface area (Å²) in [6, 6.07) is 17.2. The molecule has 0 amide bonds. The van der Waals surface area contributed by atoms with Crippen LogP contribution < -0.4 is 0 Å². The minimum atomic E-state index is -0.0522. The molecule has 2 rings (SSSR count). The van der Waals surface area contributed by atoms with E-state index in [1.54, 1.807) is 0 Å². The maximum atomic E-state index is 12.7. The molecule has 0 aromatic heterocycles. The Morgan fingerprint density at radius 2 is 1.67 bits per heavy atom. The van der Waals surface area contributed by atoms with Gasteiger partial charge in [-0.15, -0.1) is 0 Å². The number of nitrogens with zero attached hydrogens (tertiary/aromatic N) is 1. The van der Waals surface area contributed by atoms with E-state index in [0.29, 0.717) is 0 Å². The van der Waals surface area contributed by atoms with Crippen LogP contribution in [0.25, 0.3) is 0 Å². The van der Waals surface area contributed by atoms with Crippen molar-refractivity contribution < 1.29 is 4.79 Å². The van der Waals surface area contributed by atoms with Crippen molar-refractivity contribution in [2.75, 3.05) is 20.6 Å². The van der Waals surface area contributed by atoms with Crippen molar-refractivity contribution in [3.63, 3.8) is 0 Å². The van der Waals surface area contributed by atoms with Gasteiger partial charge < -0.3 is 4.90 Å². The van der Waals surface area contributed by atoms with E-state index < -0.39 is 0 Å². The molecule has 0 spiro atoms. The fraction of sp³-hybridized carbons (Fsp3) is 0.278. The summed E-state index contributed by atoms with van der Waals surface area (Å²) in [5, 5.41) is 0.720. The molecule has 1 atom stereocenters. The van der Waals surface area contributed by atoms with Crippen LogP contribution >= 0.6 is 11.6 Å². The highest BCUT2D eigenvalue weighted by molar-refractivity contribution is 6.30. The zero-order valence-electron chi connectivity index (χ0n) is 12.4. The second-order valence-electron chi connectivity index (χ2n) is 5.52. The molecule has 0 unspecified atom stereocenters. The number of Topliss-reactive ketones (excluding diaryl/α,β-unsaturated/α-hetero) is 1. The van der Waals surface area contributed by atoms with Crippen molar-refractivity contribution >= 4 is 17.4 Å². The molecule has 0 fully saturated rings. The Hall–Kier alpha value is -1.64. The van der Waals surface area contributed by atoms with Gasteiger partial charge in [-0.2, -0.15) is 0 Å². The molecular weight excluding hydrogens is 282 g/mol. The Bertz CT molecular complexity index is 578. The third-order valence-corrected chi connectivity index (χ3v) is 3.66. The molecule has 0 saturated heterocycles. The molecule has 0 aliphatic rings. The van der Waals surface area contributed by atoms with Crippen LogP contribution in [-0.2, 0) is 6.42 Å². The number of rotatable bonds is 6. The van der Waals surface area contributed by atoms with Gasteiger partial charge in [0.1, 0.15) is 0 Å². The van der Waals surface area contributed by atoms with Crippen LogP contribution in [0, 0.1) is 5.92 Å². The van der Waals surface area contributed by atoms with Gasteiger partial charge in [0.2, 0.25) is 0 Å². The van der Waals surface area contributed by atoms with Crippen LogP contribution in [0.3, 0.4) is 0 Å². The molecule has 0 aliphatic carbocycles. The largest absolute Gasteiger partial charge is 0.309 e. The summed E-state index contributed by atoms with van der Waals surface area (Å²) in [5.74, 6) is 0.142. The van der Waals surface area contributed by atoms with E-state index in [4.69, 9.17) is 11.6 Å². The van der Waals surface area contributed by atoms with E-state index in [1.165, 1.54) is 0 Å². The molecule has 0 radical (unpaired) electrons. The molecule has 0 N–H and O–H groups in total. The van der Waals surface area contributed by atoms with Gasteiger partial charge in [-0.25, -0.2) is 0 Å². The molecule has 0 saturated carbocycles. The quantitative estimate of drug-likeness (QED) is 0.753. The normalized spacial score (nSPS) is 12.4. The van der Waals surface area contributed by atoms with Gasteiger partial charge in [0.15, 0.2) is 5.78 Å². The first kappa shape index (κ1) is 15.7. The van der Waals surface area contributed by atoms with Crippen LogP contribution in [0.2, 0.25) is 5.02 Å². The number of hydrogen-bond acceptors (Lipinski definition) is 2. The lowest BCUT2D eigenvalue weighted by atomic mass is 9.91. The van der Waals surface area contributed by atoms with Gasteiger partial charge in [-0.05, 0) is 38.2 Å². The molecular formula is C18H20ClNO. The monoisotopic (exact) mass is 301 g/mol. The summed E-state index contributed by atoms with van der Waals surface area (Å²) in [6.45, 7) is 0.732. The number of halogens is 1. The van der Waals surface area contributed by atoms with Gasteiger partial charge in [0.05, 0.1) is 0 Å². The van der Waals surface area contributed by atoms with Crippen LogP contribution in [0.1, 0.15) is 15.9 Å². The molecule has 21 heavy (non-hydrogen) atoms. The number of ketones is 1. The SMILES string of the molecule is CN(C)C[C@H](Cc1ccc(Cl)cc1)C(=O)c1ccccc1. The summed E-state index contributed by atoms with van der Waals surface area (Å²) in [6.07, 6.45) is 0.725. The average molecular weight is 302 g/mol. The van der Waals surface area contributed by atoms with E-state index in [1.807, 2.05) is 68.7 Å². The number of carbonyl (C=O) groups excluding carboxylic acids is 1. The van der Waals surface area contributed by atoms with Crippen molar-refractivity contribution in [2.24, 2.45) is 5.92 Å². The van der Waals surface area contributed by atoms with E-state index in [-0.39, 0.29) is 11.7 Å². The lowest BCUT2D eigenvalue weighted by Crippen LogP contribution is -2.29.